The van der Waals surface area contributed by atoms with Crippen LogP contribution in [-0.2, 0) is 4.79 Å². The molecule has 0 bridgehead atoms. The average Bonchev–Trinajstić information content (AvgIpc) is 2.30. The Morgan fingerprint density at radius 3 is 2.27 bits per heavy atom. The Labute approximate surface area is 91.1 Å². The summed E-state index contributed by atoms with van der Waals surface area (Å²) >= 11 is 0. The number of rotatable bonds is 1. The first kappa shape index (κ1) is 10.6. The van der Waals surface area contributed by atoms with Crippen molar-refractivity contribution in [2.24, 2.45) is 5.92 Å². The molecule has 0 N–H and O–H groups in total. The van der Waals surface area contributed by atoms with Crippen LogP contribution >= 0.6 is 0 Å². The predicted molar refractivity (Wildman–Crippen MR) is 57.2 cm³/mol. The zero-order valence-corrected chi connectivity index (χ0v) is 9.11. The van der Waals surface area contributed by atoms with E-state index in [0.717, 1.165) is 51.6 Å². The number of ketones is 1. The number of nitriles is 1. The number of piperidine rings is 1. The summed E-state index contributed by atoms with van der Waals surface area (Å²) in [6.07, 6.45) is 5.64. The molecule has 0 atom stereocenters. The van der Waals surface area contributed by atoms with Crippen LogP contribution in [0.4, 0.5) is 0 Å². The van der Waals surface area contributed by atoms with Gasteiger partial charge in [0.2, 0.25) is 0 Å². The van der Waals surface area contributed by atoms with E-state index in [4.69, 9.17) is 5.26 Å². The molecular formula is C12H18N2O. The van der Waals surface area contributed by atoms with Crippen LogP contribution in [-0.4, -0.2) is 29.8 Å². The zero-order chi connectivity index (χ0) is 10.7. The van der Waals surface area contributed by atoms with Crippen LogP contribution in [0, 0.1) is 17.2 Å². The second kappa shape index (κ2) is 4.76. The molecule has 0 aromatic heterocycles. The lowest BCUT2D eigenvalue weighted by Crippen LogP contribution is -2.43. The van der Waals surface area contributed by atoms with E-state index in [0.29, 0.717) is 11.8 Å². The van der Waals surface area contributed by atoms with E-state index in [-0.39, 0.29) is 5.92 Å². The van der Waals surface area contributed by atoms with Crippen molar-refractivity contribution in [2.75, 3.05) is 13.1 Å². The fourth-order valence-corrected chi connectivity index (χ4v) is 2.68. The van der Waals surface area contributed by atoms with Gasteiger partial charge < -0.3 is 4.90 Å². The molecule has 0 unspecified atom stereocenters. The maximum absolute atomic E-state index is 11.1. The monoisotopic (exact) mass is 206 g/mol. The highest BCUT2D eigenvalue weighted by Gasteiger charge is 2.27. The van der Waals surface area contributed by atoms with E-state index in [1.807, 2.05) is 0 Å². The summed E-state index contributed by atoms with van der Waals surface area (Å²) in [5, 5.41) is 8.81. The molecular weight excluding hydrogens is 188 g/mol. The first-order valence-corrected chi connectivity index (χ1v) is 5.95. The Hall–Kier alpha value is -0.880. The van der Waals surface area contributed by atoms with E-state index in [2.05, 4.69) is 11.0 Å². The van der Waals surface area contributed by atoms with E-state index in [1.165, 1.54) is 0 Å². The van der Waals surface area contributed by atoms with Crippen molar-refractivity contribution < 1.29 is 4.79 Å². The number of Topliss-reactive ketones (excluding diaryl/α,β-unsaturated/α-hetero) is 1. The van der Waals surface area contributed by atoms with Crippen LogP contribution in [0.2, 0.25) is 0 Å². The van der Waals surface area contributed by atoms with Gasteiger partial charge in [-0.1, -0.05) is 0 Å². The largest absolute Gasteiger partial charge is 0.300 e. The molecule has 0 aromatic rings. The van der Waals surface area contributed by atoms with Crippen LogP contribution in [0.5, 0.6) is 0 Å². The standard InChI is InChI=1S/C12H18N2O/c13-9-10-5-7-14(8-6-10)11-1-3-12(15)4-2-11/h10-11H,1-8H2. The molecule has 3 heteroatoms. The van der Waals surface area contributed by atoms with Gasteiger partial charge in [-0.3, -0.25) is 4.79 Å². The SMILES string of the molecule is N#CC1CCN(C2CCC(=O)CC2)CC1. The van der Waals surface area contributed by atoms with Gasteiger partial charge in [0.25, 0.3) is 0 Å². The number of carbonyl (C=O) groups excluding carboxylic acids is 1. The van der Waals surface area contributed by atoms with E-state index in [1.54, 1.807) is 0 Å². The van der Waals surface area contributed by atoms with Crippen LogP contribution in [0.3, 0.4) is 0 Å². The summed E-state index contributed by atoms with van der Waals surface area (Å²) in [5.74, 6) is 0.699. The summed E-state index contributed by atoms with van der Waals surface area (Å²) in [7, 11) is 0. The van der Waals surface area contributed by atoms with Gasteiger partial charge in [0.1, 0.15) is 5.78 Å². The van der Waals surface area contributed by atoms with Crippen molar-refractivity contribution in [3.8, 4) is 6.07 Å². The van der Waals surface area contributed by atoms with Crippen molar-refractivity contribution in [1.29, 1.82) is 5.26 Å². The van der Waals surface area contributed by atoms with Gasteiger partial charge >= 0.3 is 0 Å². The van der Waals surface area contributed by atoms with Gasteiger partial charge in [-0.25, -0.2) is 0 Å². The topological polar surface area (TPSA) is 44.1 Å². The molecule has 15 heavy (non-hydrogen) atoms. The molecule has 0 spiro atoms. The van der Waals surface area contributed by atoms with Gasteiger partial charge in [0.15, 0.2) is 0 Å². The van der Waals surface area contributed by atoms with Crippen LogP contribution in [0.15, 0.2) is 0 Å². The highest BCUT2D eigenvalue weighted by Crippen LogP contribution is 2.25. The molecule has 0 radical (unpaired) electrons. The molecule has 2 aliphatic rings. The Morgan fingerprint density at radius 1 is 1.13 bits per heavy atom. The zero-order valence-electron chi connectivity index (χ0n) is 9.11. The third kappa shape index (κ3) is 2.57. The third-order valence-electron chi connectivity index (χ3n) is 3.74. The highest BCUT2D eigenvalue weighted by molar-refractivity contribution is 5.79. The maximum atomic E-state index is 11.1. The van der Waals surface area contributed by atoms with Crippen LogP contribution < -0.4 is 0 Å². The Balaban J connectivity index is 1.81. The summed E-state index contributed by atoms with van der Waals surface area (Å²) in [6.45, 7) is 2.11. The lowest BCUT2D eigenvalue weighted by atomic mass is 9.90. The molecule has 1 aliphatic carbocycles. The number of hydrogen-bond acceptors (Lipinski definition) is 3. The minimum Gasteiger partial charge on any atom is -0.300 e. The molecule has 1 saturated heterocycles. The smallest absolute Gasteiger partial charge is 0.133 e. The predicted octanol–water partition coefficient (Wildman–Crippen LogP) is 1.73. The number of likely N-dealkylation sites (tertiary alicyclic amines) is 1. The van der Waals surface area contributed by atoms with Crippen molar-refractivity contribution in [2.45, 2.75) is 44.6 Å². The fourth-order valence-electron chi connectivity index (χ4n) is 2.68. The maximum Gasteiger partial charge on any atom is 0.133 e. The van der Waals surface area contributed by atoms with Gasteiger partial charge in [0, 0.05) is 24.8 Å². The van der Waals surface area contributed by atoms with E-state index in [9.17, 15) is 4.79 Å². The molecule has 1 saturated carbocycles. The summed E-state index contributed by atoms with van der Waals surface area (Å²) in [4.78, 5) is 13.6. The minimum atomic E-state index is 0.270. The Bertz CT molecular complexity index is 264. The first-order valence-electron chi connectivity index (χ1n) is 5.95. The second-order valence-corrected chi connectivity index (χ2v) is 4.71. The summed E-state index contributed by atoms with van der Waals surface area (Å²) in [5.41, 5.74) is 0. The second-order valence-electron chi connectivity index (χ2n) is 4.71. The lowest BCUT2D eigenvalue weighted by molar-refractivity contribution is -0.121. The van der Waals surface area contributed by atoms with Crippen molar-refractivity contribution in [3.05, 3.63) is 0 Å². The molecule has 82 valence electrons. The normalized spacial score (nSPS) is 26.5. The third-order valence-corrected chi connectivity index (χ3v) is 3.74. The molecule has 3 nitrogen and oxygen atoms in total. The fraction of sp³-hybridized carbons (Fsp3) is 0.833. The number of nitrogens with zero attached hydrogens (tertiary/aromatic N) is 2. The van der Waals surface area contributed by atoms with Crippen LogP contribution in [0.1, 0.15) is 38.5 Å². The van der Waals surface area contributed by atoms with Gasteiger partial charge in [-0.2, -0.15) is 5.26 Å². The van der Waals surface area contributed by atoms with Crippen molar-refractivity contribution in [1.82, 2.24) is 4.90 Å². The average molecular weight is 206 g/mol. The van der Waals surface area contributed by atoms with Crippen molar-refractivity contribution in [3.63, 3.8) is 0 Å². The molecule has 0 aromatic carbocycles. The molecule has 1 heterocycles. The molecule has 1 aliphatic heterocycles. The summed E-state index contributed by atoms with van der Waals surface area (Å²) in [6, 6.07) is 2.97. The molecule has 2 fully saturated rings. The Morgan fingerprint density at radius 2 is 1.73 bits per heavy atom. The quantitative estimate of drug-likeness (QED) is 0.656. The van der Waals surface area contributed by atoms with Gasteiger partial charge in [-0.05, 0) is 38.8 Å². The van der Waals surface area contributed by atoms with Gasteiger partial charge in [0.05, 0.1) is 6.07 Å². The summed E-state index contributed by atoms with van der Waals surface area (Å²) < 4.78 is 0. The van der Waals surface area contributed by atoms with E-state index >= 15 is 0 Å². The van der Waals surface area contributed by atoms with Crippen LogP contribution in [0.25, 0.3) is 0 Å². The Kier molecular flexibility index (Phi) is 3.37. The number of carbonyl (C=O) groups is 1. The molecule has 2 rings (SSSR count). The minimum absolute atomic E-state index is 0.270. The van der Waals surface area contributed by atoms with Gasteiger partial charge in [-0.15, -0.1) is 0 Å². The molecule has 0 amide bonds. The number of hydrogen-bond donors (Lipinski definition) is 0. The lowest BCUT2D eigenvalue weighted by Gasteiger charge is -2.37. The first-order chi connectivity index (χ1) is 7.29. The van der Waals surface area contributed by atoms with Crippen molar-refractivity contribution >= 4 is 5.78 Å². The van der Waals surface area contributed by atoms with E-state index < -0.39 is 0 Å². The highest BCUT2D eigenvalue weighted by atomic mass is 16.1.